The van der Waals surface area contributed by atoms with Crippen molar-refractivity contribution in [3.05, 3.63) is 64.8 Å². The summed E-state index contributed by atoms with van der Waals surface area (Å²) >= 11 is 0. The smallest absolute Gasteiger partial charge is 0.255 e. The van der Waals surface area contributed by atoms with Crippen LogP contribution in [0.5, 0.6) is 0 Å². The fraction of sp³-hybridized carbons (Fsp3) is 0.238. The molecule has 2 aromatic carbocycles. The van der Waals surface area contributed by atoms with Gasteiger partial charge in [0.1, 0.15) is 0 Å². The summed E-state index contributed by atoms with van der Waals surface area (Å²) < 4.78 is 0. The number of H-pyrrole nitrogens is 1. The van der Waals surface area contributed by atoms with Crippen LogP contribution < -0.4 is 5.32 Å². The zero-order valence-electron chi connectivity index (χ0n) is 14.1. The summed E-state index contributed by atoms with van der Waals surface area (Å²) in [6.07, 6.45) is 3.35. The maximum absolute atomic E-state index is 12.6. The van der Waals surface area contributed by atoms with E-state index in [1.807, 2.05) is 18.2 Å². The summed E-state index contributed by atoms with van der Waals surface area (Å²) in [6, 6.07) is 14.8. The van der Waals surface area contributed by atoms with Crippen molar-refractivity contribution in [1.82, 2.24) is 4.98 Å². The van der Waals surface area contributed by atoms with E-state index in [4.69, 9.17) is 5.26 Å². The fourth-order valence-electron chi connectivity index (χ4n) is 3.60. The van der Waals surface area contributed by atoms with E-state index in [-0.39, 0.29) is 5.91 Å². The lowest BCUT2D eigenvalue weighted by molar-refractivity contribution is 0.102. The van der Waals surface area contributed by atoms with Crippen LogP contribution in [0.3, 0.4) is 0 Å². The fourth-order valence-corrected chi connectivity index (χ4v) is 3.60. The van der Waals surface area contributed by atoms with E-state index < -0.39 is 0 Å². The van der Waals surface area contributed by atoms with Crippen LogP contribution in [0.1, 0.15) is 40.5 Å². The largest absolute Gasteiger partial charge is 0.358 e. The van der Waals surface area contributed by atoms with Crippen molar-refractivity contribution in [1.29, 1.82) is 5.26 Å². The summed E-state index contributed by atoms with van der Waals surface area (Å²) in [5.41, 5.74) is 5.56. The van der Waals surface area contributed by atoms with Crippen LogP contribution in [0.2, 0.25) is 0 Å². The summed E-state index contributed by atoms with van der Waals surface area (Å²) in [6.45, 7) is 2.28. The lowest BCUT2D eigenvalue weighted by atomic mass is 9.87. The minimum atomic E-state index is -0.157. The van der Waals surface area contributed by atoms with Gasteiger partial charge in [-0.3, -0.25) is 4.79 Å². The monoisotopic (exact) mass is 329 g/mol. The Morgan fingerprint density at radius 2 is 2.16 bits per heavy atom. The summed E-state index contributed by atoms with van der Waals surface area (Å²) in [5.74, 6) is 0.522. The predicted octanol–water partition coefficient (Wildman–Crippen LogP) is 4.42. The first-order valence-electron chi connectivity index (χ1n) is 8.59. The van der Waals surface area contributed by atoms with Crippen molar-refractivity contribution < 1.29 is 4.79 Å². The molecule has 1 unspecified atom stereocenters. The van der Waals surface area contributed by atoms with Gasteiger partial charge in [-0.15, -0.1) is 0 Å². The maximum Gasteiger partial charge on any atom is 0.255 e. The van der Waals surface area contributed by atoms with E-state index in [1.54, 1.807) is 24.3 Å². The Kier molecular flexibility index (Phi) is 3.77. The molecule has 4 rings (SSSR count). The first kappa shape index (κ1) is 15.5. The summed E-state index contributed by atoms with van der Waals surface area (Å²) in [7, 11) is 0. The standard InChI is InChI=1S/C21H19N3O/c1-13-5-7-19-17(9-13)18-11-15(6-8-20(18)24-19)21(25)23-16-4-2-3-14(10-16)12-22/h2-4,6,8,10-11,13,24H,5,7,9H2,1H3,(H,23,25). The molecule has 0 saturated heterocycles. The van der Waals surface area contributed by atoms with Crippen molar-refractivity contribution in [3.63, 3.8) is 0 Å². The molecule has 0 fully saturated rings. The van der Waals surface area contributed by atoms with Crippen molar-refractivity contribution in [2.45, 2.75) is 26.2 Å². The van der Waals surface area contributed by atoms with Gasteiger partial charge in [-0.25, -0.2) is 0 Å². The number of carbonyl (C=O) groups is 1. The van der Waals surface area contributed by atoms with E-state index in [0.717, 1.165) is 23.7 Å². The first-order chi connectivity index (χ1) is 12.1. The zero-order valence-corrected chi connectivity index (χ0v) is 14.1. The van der Waals surface area contributed by atoms with Gasteiger partial charge in [-0.2, -0.15) is 5.26 Å². The molecule has 4 nitrogen and oxygen atoms in total. The van der Waals surface area contributed by atoms with Crippen LogP contribution in [0, 0.1) is 17.2 Å². The van der Waals surface area contributed by atoms with Gasteiger partial charge in [0.05, 0.1) is 11.6 Å². The van der Waals surface area contributed by atoms with Crippen LogP contribution in [0.25, 0.3) is 10.9 Å². The highest BCUT2D eigenvalue weighted by Crippen LogP contribution is 2.32. The Balaban J connectivity index is 1.66. The molecule has 0 bridgehead atoms. The van der Waals surface area contributed by atoms with E-state index >= 15 is 0 Å². The zero-order chi connectivity index (χ0) is 17.4. The number of rotatable bonds is 2. The number of anilines is 1. The van der Waals surface area contributed by atoms with E-state index in [9.17, 15) is 4.79 Å². The highest BCUT2D eigenvalue weighted by Gasteiger charge is 2.20. The maximum atomic E-state index is 12.6. The van der Waals surface area contributed by atoms with E-state index in [2.05, 4.69) is 23.3 Å². The molecule has 0 radical (unpaired) electrons. The van der Waals surface area contributed by atoms with Gasteiger partial charge < -0.3 is 10.3 Å². The van der Waals surface area contributed by atoms with Crippen LogP contribution in [0.4, 0.5) is 5.69 Å². The molecule has 1 aliphatic carbocycles. The topological polar surface area (TPSA) is 68.7 Å². The second-order valence-electron chi connectivity index (χ2n) is 6.84. The van der Waals surface area contributed by atoms with Gasteiger partial charge in [-0.05, 0) is 67.1 Å². The van der Waals surface area contributed by atoms with Crippen LogP contribution in [-0.2, 0) is 12.8 Å². The molecule has 1 amide bonds. The molecular formula is C21H19N3O. The third-order valence-corrected chi connectivity index (χ3v) is 4.95. The Morgan fingerprint density at radius 3 is 3.00 bits per heavy atom. The predicted molar refractivity (Wildman–Crippen MR) is 98.6 cm³/mol. The highest BCUT2D eigenvalue weighted by atomic mass is 16.1. The minimum absolute atomic E-state index is 0.157. The molecular weight excluding hydrogens is 310 g/mol. The molecule has 0 aliphatic heterocycles. The number of nitrogens with one attached hydrogen (secondary N) is 2. The molecule has 2 N–H and O–H groups in total. The molecule has 0 spiro atoms. The van der Waals surface area contributed by atoms with Gasteiger partial charge in [-0.1, -0.05) is 13.0 Å². The average Bonchev–Trinajstić information content (AvgIpc) is 2.99. The molecule has 124 valence electrons. The molecule has 3 aromatic rings. The second kappa shape index (κ2) is 6.10. The third kappa shape index (κ3) is 2.89. The molecule has 0 saturated carbocycles. The van der Waals surface area contributed by atoms with Crippen molar-refractivity contribution >= 4 is 22.5 Å². The van der Waals surface area contributed by atoms with Gasteiger partial charge >= 0.3 is 0 Å². The highest BCUT2D eigenvalue weighted by molar-refractivity contribution is 6.06. The van der Waals surface area contributed by atoms with E-state index in [0.29, 0.717) is 22.7 Å². The molecule has 1 atom stereocenters. The SMILES string of the molecule is CC1CCc2[nH]c3ccc(C(=O)Nc4cccc(C#N)c4)cc3c2C1. The Labute approximate surface area is 146 Å². The molecule has 25 heavy (non-hydrogen) atoms. The number of fused-ring (bicyclic) bond motifs is 3. The molecule has 1 aliphatic rings. The number of aromatic amines is 1. The number of benzene rings is 2. The first-order valence-corrected chi connectivity index (χ1v) is 8.59. The minimum Gasteiger partial charge on any atom is -0.358 e. The molecule has 1 aromatic heterocycles. The van der Waals surface area contributed by atoms with Gasteiger partial charge in [0.2, 0.25) is 0 Å². The normalized spacial score (nSPS) is 16.2. The van der Waals surface area contributed by atoms with Crippen LogP contribution in [0.15, 0.2) is 42.5 Å². The number of nitriles is 1. The number of carbonyl (C=O) groups excluding carboxylic acids is 1. The Bertz CT molecular complexity index is 1010. The number of hydrogen-bond acceptors (Lipinski definition) is 2. The average molecular weight is 329 g/mol. The van der Waals surface area contributed by atoms with Gasteiger partial charge in [0.25, 0.3) is 5.91 Å². The molecule has 4 heteroatoms. The number of amides is 1. The summed E-state index contributed by atoms with van der Waals surface area (Å²) in [4.78, 5) is 16.1. The number of aromatic nitrogens is 1. The van der Waals surface area contributed by atoms with Crippen molar-refractivity contribution in [2.75, 3.05) is 5.32 Å². The summed E-state index contributed by atoms with van der Waals surface area (Å²) in [5, 5.41) is 13.0. The number of hydrogen-bond donors (Lipinski definition) is 2. The number of nitrogens with zero attached hydrogens (tertiary/aromatic N) is 1. The van der Waals surface area contributed by atoms with Crippen LogP contribution in [-0.4, -0.2) is 10.9 Å². The second-order valence-corrected chi connectivity index (χ2v) is 6.84. The Hall–Kier alpha value is -3.06. The quantitative estimate of drug-likeness (QED) is 0.731. The van der Waals surface area contributed by atoms with Gasteiger partial charge in [0, 0.05) is 27.8 Å². The van der Waals surface area contributed by atoms with Crippen molar-refractivity contribution in [2.24, 2.45) is 5.92 Å². The number of aryl methyl sites for hydroxylation is 1. The Morgan fingerprint density at radius 1 is 1.28 bits per heavy atom. The van der Waals surface area contributed by atoms with Gasteiger partial charge in [0.15, 0.2) is 0 Å². The van der Waals surface area contributed by atoms with E-state index in [1.165, 1.54) is 17.7 Å². The third-order valence-electron chi connectivity index (χ3n) is 4.95. The van der Waals surface area contributed by atoms with Crippen LogP contribution >= 0.6 is 0 Å². The van der Waals surface area contributed by atoms with Crippen molar-refractivity contribution in [3.8, 4) is 6.07 Å². The molecule has 1 heterocycles. The lowest BCUT2D eigenvalue weighted by Crippen LogP contribution is -2.12. The lowest BCUT2D eigenvalue weighted by Gasteiger charge is -2.18.